The average molecular weight is 353 g/mol. The minimum Gasteiger partial charge on any atom is -0.497 e. The van der Waals surface area contributed by atoms with Crippen molar-refractivity contribution in [1.29, 1.82) is 0 Å². The van der Waals surface area contributed by atoms with Crippen LogP contribution < -0.4 is 10.1 Å². The zero-order valence-electron chi connectivity index (χ0n) is 14.0. The first kappa shape index (κ1) is 19.4. The van der Waals surface area contributed by atoms with Gasteiger partial charge in [0.15, 0.2) is 6.29 Å². The lowest BCUT2D eigenvalue weighted by Gasteiger charge is -2.41. The third-order valence-corrected chi connectivity index (χ3v) is 3.97. The van der Waals surface area contributed by atoms with Crippen LogP contribution in [0, 0.1) is 0 Å². The molecule has 0 aliphatic carbocycles. The molecule has 0 unspecified atom stereocenters. The van der Waals surface area contributed by atoms with E-state index in [0.29, 0.717) is 5.75 Å². The van der Waals surface area contributed by atoms with Gasteiger partial charge in [-0.25, -0.2) is 0 Å². The monoisotopic (exact) mass is 353 g/mol. The first-order chi connectivity index (χ1) is 12.0. The van der Waals surface area contributed by atoms with E-state index in [-0.39, 0.29) is 0 Å². The molecule has 1 amide bonds. The summed E-state index contributed by atoms with van der Waals surface area (Å²) in [6.45, 7) is -0.476. The molecule has 8 heteroatoms. The van der Waals surface area contributed by atoms with Gasteiger partial charge < -0.3 is 34.8 Å². The van der Waals surface area contributed by atoms with Crippen molar-refractivity contribution in [3.8, 4) is 5.75 Å². The SMILES string of the molecule is COc1ccc(/C=C/C(=O)N[C@H]2[C@H](OC)O[C@H](CO)[C@@H](O)[C@@H]2O)cc1. The van der Waals surface area contributed by atoms with E-state index in [4.69, 9.17) is 19.3 Å². The smallest absolute Gasteiger partial charge is 0.244 e. The van der Waals surface area contributed by atoms with Crippen LogP contribution in [-0.2, 0) is 14.3 Å². The Kier molecular flexibility index (Phi) is 6.91. The zero-order chi connectivity index (χ0) is 18.4. The van der Waals surface area contributed by atoms with Gasteiger partial charge in [0.2, 0.25) is 5.91 Å². The molecule has 0 spiro atoms. The van der Waals surface area contributed by atoms with Gasteiger partial charge in [-0.15, -0.1) is 0 Å². The summed E-state index contributed by atoms with van der Waals surface area (Å²) in [7, 11) is 2.91. The van der Waals surface area contributed by atoms with Crippen LogP contribution in [0.1, 0.15) is 5.56 Å². The van der Waals surface area contributed by atoms with Gasteiger partial charge in [-0.3, -0.25) is 4.79 Å². The van der Waals surface area contributed by atoms with E-state index in [1.165, 1.54) is 13.2 Å². The Labute approximate surface area is 145 Å². The number of hydrogen-bond donors (Lipinski definition) is 4. The van der Waals surface area contributed by atoms with E-state index in [2.05, 4.69) is 5.32 Å². The summed E-state index contributed by atoms with van der Waals surface area (Å²) in [5, 5.41) is 31.8. The molecule has 0 aromatic heterocycles. The third-order valence-electron chi connectivity index (χ3n) is 3.97. The summed E-state index contributed by atoms with van der Waals surface area (Å²) in [6, 6.07) is 6.13. The second kappa shape index (κ2) is 8.93. The highest BCUT2D eigenvalue weighted by Crippen LogP contribution is 2.21. The van der Waals surface area contributed by atoms with Crippen molar-refractivity contribution in [1.82, 2.24) is 5.32 Å². The second-order valence-electron chi connectivity index (χ2n) is 5.58. The molecule has 1 aliphatic rings. The van der Waals surface area contributed by atoms with Crippen LogP contribution in [0.4, 0.5) is 0 Å². The molecule has 8 nitrogen and oxygen atoms in total. The summed E-state index contributed by atoms with van der Waals surface area (Å²) >= 11 is 0. The number of carbonyl (C=O) groups excluding carboxylic acids is 1. The number of aliphatic hydroxyl groups is 3. The van der Waals surface area contributed by atoms with Crippen molar-refractivity contribution in [3.63, 3.8) is 0 Å². The number of hydrogen-bond acceptors (Lipinski definition) is 7. The number of ether oxygens (including phenoxy) is 3. The average Bonchev–Trinajstić information content (AvgIpc) is 2.64. The van der Waals surface area contributed by atoms with Crippen molar-refractivity contribution in [3.05, 3.63) is 35.9 Å². The maximum absolute atomic E-state index is 12.1. The molecule has 0 radical (unpaired) electrons. The maximum atomic E-state index is 12.1. The van der Waals surface area contributed by atoms with Crippen LogP contribution >= 0.6 is 0 Å². The molecule has 4 N–H and O–H groups in total. The minimum atomic E-state index is -1.34. The highest BCUT2D eigenvalue weighted by molar-refractivity contribution is 5.92. The molecule has 5 atom stereocenters. The Morgan fingerprint density at radius 2 is 1.92 bits per heavy atom. The van der Waals surface area contributed by atoms with Crippen LogP contribution in [0.25, 0.3) is 6.08 Å². The molecule has 0 saturated carbocycles. The first-order valence-electron chi connectivity index (χ1n) is 7.78. The lowest BCUT2D eigenvalue weighted by atomic mass is 9.97. The van der Waals surface area contributed by atoms with Gasteiger partial charge in [-0.1, -0.05) is 12.1 Å². The summed E-state index contributed by atoms with van der Waals surface area (Å²) in [4.78, 5) is 12.1. The lowest BCUT2D eigenvalue weighted by Crippen LogP contribution is -2.64. The van der Waals surface area contributed by atoms with Gasteiger partial charge in [0.1, 0.15) is 30.1 Å². The molecule has 0 bridgehead atoms. The zero-order valence-corrected chi connectivity index (χ0v) is 14.0. The Morgan fingerprint density at radius 1 is 1.24 bits per heavy atom. The molecule has 1 aromatic carbocycles. The number of amides is 1. The highest BCUT2D eigenvalue weighted by Gasteiger charge is 2.44. The van der Waals surface area contributed by atoms with Gasteiger partial charge in [0.05, 0.1) is 13.7 Å². The normalized spacial score (nSPS) is 29.6. The van der Waals surface area contributed by atoms with Crippen LogP contribution in [0.3, 0.4) is 0 Å². The Morgan fingerprint density at radius 3 is 2.48 bits per heavy atom. The fourth-order valence-electron chi connectivity index (χ4n) is 2.54. The number of aliphatic hydroxyl groups excluding tert-OH is 3. The van der Waals surface area contributed by atoms with E-state index in [1.54, 1.807) is 37.5 Å². The van der Waals surface area contributed by atoms with Gasteiger partial charge in [-0.2, -0.15) is 0 Å². The van der Waals surface area contributed by atoms with Crippen LogP contribution in [0.5, 0.6) is 5.75 Å². The standard InChI is InChI=1S/C17H23NO7/c1-23-11-6-3-10(4-7-11)5-8-13(20)18-14-16(22)15(21)12(9-19)25-17(14)24-2/h3-8,12,14-17,19,21-22H,9H2,1-2H3,(H,18,20)/b8-5+/t12-,14-,15-,16-,17-/m1/s1. The van der Waals surface area contributed by atoms with Gasteiger partial charge in [-0.05, 0) is 23.8 Å². The molecular weight excluding hydrogens is 330 g/mol. The number of carbonyl (C=O) groups is 1. The Bertz CT molecular complexity index is 587. The van der Waals surface area contributed by atoms with Gasteiger partial charge >= 0.3 is 0 Å². The van der Waals surface area contributed by atoms with Crippen LogP contribution in [0.15, 0.2) is 30.3 Å². The van der Waals surface area contributed by atoms with Gasteiger partial charge in [0, 0.05) is 13.2 Å². The Balaban J connectivity index is 2.00. The van der Waals surface area contributed by atoms with Crippen molar-refractivity contribution in [2.24, 2.45) is 0 Å². The second-order valence-corrected chi connectivity index (χ2v) is 5.58. The van der Waals surface area contributed by atoms with Crippen molar-refractivity contribution < 1.29 is 34.3 Å². The Hall–Kier alpha value is -1.97. The lowest BCUT2D eigenvalue weighted by molar-refractivity contribution is -0.262. The van der Waals surface area contributed by atoms with Crippen molar-refractivity contribution >= 4 is 12.0 Å². The molecule has 1 fully saturated rings. The molecule has 25 heavy (non-hydrogen) atoms. The third kappa shape index (κ3) is 4.77. The molecule has 1 saturated heterocycles. The molecule has 1 aromatic rings. The molecule has 1 heterocycles. The summed E-state index contributed by atoms with van der Waals surface area (Å²) in [6.07, 6.45) is -1.76. The predicted octanol–water partition coefficient (Wildman–Crippen LogP) is -0.721. The van der Waals surface area contributed by atoms with E-state index >= 15 is 0 Å². The van der Waals surface area contributed by atoms with Crippen molar-refractivity contribution in [2.75, 3.05) is 20.8 Å². The number of nitrogens with one attached hydrogen (secondary N) is 1. The van der Waals surface area contributed by atoms with E-state index in [1.807, 2.05) is 0 Å². The highest BCUT2D eigenvalue weighted by atomic mass is 16.7. The molecule has 138 valence electrons. The summed E-state index contributed by atoms with van der Waals surface area (Å²) in [5.41, 5.74) is 0.792. The maximum Gasteiger partial charge on any atom is 0.244 e. The predicted molar refractivity (Wildman–Crippen MR) is 88.7 cm³/mol. The van der Waals surface area contributed by atoms with E-state index in [0.717, 1.165) is 5.56 Å². The first-order valence-corrected chi connectivity index (χ1v) is 7.78. The molecule has 2 rings (SSSR count). The number of methoxy groups -OCH3 is 2. The van der Waals surface area contributed by atoms with Crippen LogP contribution in [0.2, 0.25) is 0 Å². The quantitative estimate of drug-likeness (QED) is 0.499. The minimum absolute atomic E-state index is 0.476. The largest absolute Gasteiger partial charge is 0.497 e. The fourth-order valence-corrected chi connectivity index (χ4v) is 2.54. The van der Waals surface area contributed by atoms with Crippen LogP contribution in [-0.4, -0.2) is 72.7 Å². The number of benzene rings is 1. The topological polar surface area (TPSA) is 117 Å². The van der Waals surface area contributed by atoms with E-state index in [9.17, 15) is 15.0 Å². The van der Waals surface area contributed by atoms with Crippen molar-refractivity contribution in [2.45, 2.75) is 30.6 Å². The fraction of sp³-hybridized carbons (Fsp3) is 0.471. The molecular formula is C17H23NO7. The molecule has 1 aliphatic heterocycles. The van der Waals surface area contributed by atoms with E-state index < -0.39 is 43.2 Å². The van der Waals surface area contributed by atoms with Gasteiger partial charge in [0.25, 0.3) is 0 Å². The number of rotatable bonds is 6. The summed E-state index contributed by atoms with van der Waals surface area (Å²) < 4.78 is 15.5. The summed E-state index contributed by atoms with van der Waals surface area (Å²) in [5.74, 6) is 0.222.